The Labute approximate surface area is 175 Å². The highest BCUT2D eigenvalue weighted by atomic mass is 16.6. The molecule has 0 saturated carbocycles. The number of ether oxygens (including phenoxy) is 3. The molecule has 1 aromatic carbocycles. The normalized spacial score (nSPS) is 19.8. The molecule has 1 aliphatic rings. The second-order valence-electron chi connectivity index (χ2n) is 6.82. The van der Waals surface area contributed by atoms with Crippen LogP contribution in [0.1, 0.15) is 45.2 Å². The molecule has 0 aliphatic carbocycles. The number of hydrogen-bond acceptors (Lipinski definition) is 8. The lowest BCUT2D eigenvalue weighted by atomic mass is 9.80. The van der Waals surface area contributed by atoms with E-state index >= 15 is 0 Å². The molecule has 9 nitrogen and oxygen atoms in total. The molecule has 9 heteroatoms. The van der Waals surface area contributed by atoms with Gasteiger partial charge in [0.15, 0.2) is 0 Å². The molecule has 2 atom stereocenters. The fraction of sp³-hybridized carbons (Fsp3) is 0.524. The standard InChI is InChI=1S/C21H28N2O7/c1-4-21(5-2)20(25)19(17-12-15(23(26)27)8-9-18(17)30-21)22-13-16(29-6-3)14-28-11-7-10-24/h7-9,12-13,19-20,22,25H,4-6,11,14H2,1-3H3/b16-13+/t19-,20+/m1/s1. The molecular weight excluding hydrogens is 392 g/mol. The van der Waals surface area contributed by atoms with Gasteiger partial charge >= 0.3 is 0 Å². The molecule has 1 heterocycles. The predicted molar refractivity (Wildman–Crippen MR) is 110 cm³/mol. The maximum atomic E-state index is 11.2. The fourth-order valence-electron chi connectivity index (χ4n) is 3.48. The molecule has 0 unspecified atom stereocenters. The SMILES string of the molecule is CCO/C(=C/N[C@@H]1c2cc([N+](=O)[O-])ccc2OC(CC)(CC)[C@H]1O)COCC=C=O. The van der Waals surface area contributed by atoms with E-state index in [4.69, 9.17) is 14.2 Å². The number of nitro groups is 1. The molecule has 1 aromatic rings. The van der Waals surface area contributed by atoms with Crippen LogP contribution in [0.25, 0.3) is 0 Å². The van der Waals surface area contributed by atoms with E-state index in [1.807, 2.05) is 20.8 Å². The quantitative estimate of drug-likeness (QED) is 0.184. The lowest BCUT2D eigenvalue weighted by Crippen LogP contribution is -2.55. The third-order valence-corrected chi connectivity index (χ3v) is 5.19. The Morgan fingerprint density at radius 3 is 2.73 bits per heavy atom. The molecule has 2 rings (SSSR count). The average Bonchev–Trinajstić information content (AvgIpc) is 2.75. The topological polar surface area (TPSA) is 120 Å². The second kappa shape index (κ2) is 10.8. The molecule has 1 aliphatic heterocycles. The van der Waals surface area contributed by atoms with Crippen molar-refractivity contribution in [2.24, 2.45) is 0 Å². The van der Waals surface area contributed by atoms with Gasteiger partial charge in [-0.25, -0.2) is 4.79 Å². The van der Waals surface area contributed by atoms with Crippen molar-refractivity contribution in [1.82, 2.24) is 5.32 Å². The minimum absolute atomic E-state index is 0.0881. The third kappa shape index (κ3) is 5.18. The first-order valence-corrected chi connectivity index (χ1v) is 9.92. The summed E-state index contributed by atoms with van der Waals surface area (Å²) >= 11 is 0. The van der Waals surface area contributed by atoms with Gasteiger partial charge in [0.05, 0.1) is 24.2 Å². The van der Waals surface area contributed by atoms with E-state index in [0.29, 0.717) is 36.5 Å². The number of benzene rings is 1. The number of nitro benzene ring substituents is 1. The Morgan fingerprint density at radius 1 is 1.40 bits per heavy atom. The van der Waals surface area contributed by atoms with Gasteiger partial charge in [0.25, 0.3) is 5.69 Å². The Balaban J connectivity index is 2.37. The number of carbonyl (C=O) groups excluding carboxylic acids is 1. The van der Waals surface area contributed by atoms with Gasteiger partial charge in [0.2, 0.25) is 0 Å². The van der Waals surface area contributed by atoms with Crippen LogP contribution in [0, 0.1) is 10.1 Å². The van der Waals surface area contributed by atoms with Crippen molar-refractivity contribution in [1.29, 1.82) is 0 Å². The first-order chi connectivity index (χ1) is 14.4. The van der Waals surface area contributed by atoms with Crippen molar-refractivity contribution >= 4 is 11.6 Å². The van der Waals surface area contributed by atoms with E-state index in [1.54, 1.807) is 18.2 Å². The Hall–Kier alpha value is -2.87. The monoisotopic (exact) mass is 420 g/mol. The summed E-state index contributed by atoms with van der Waals surface area (Å²) in [6, 6.07) is 3.71. The highest BCUT2D eigenvalue weighted by Crippen LogP contribution is 2.44. The average molecular weight is 420 g/mol. The summed E-state index contributed by atoms with van der Waals surface area (Å²) in [4.78, 5) is 21.0. The maximum Gasteiger partial charge on any atom is 0.270 e. The van der Waals surface area contributed by atoms with Crippen LogP contribution in [0.4, 0.5) is 5.69 Å². The highest BCUT2D eigenvalue weighted by Gasteiger charge is 2.47. The summed E-state index contributed by atoms with van der Waals surface area (Å²) in [5.41, 5.74) is -0.424. The van der Waals surface area contributed by atoms with Gasteiger partial charge in [-0.3, -0.25) is 10.1 Å². The molecule has 0 radical (unpaired) electrons. The zero-order chi connectivity index (χ0) is 22.1. The van der Waals surface area contributed by atoms with E-state index in [2.05, 4.69) is 5.32 Å². The Morgan fingerprint density at radius 2 is 2.13 bits per heavy atom. The summed E-state index contributed by atoms with van der Waals surface area (Å²) < 4.78 is 17.0. The number of rotatable bonds is 11. The van der Waals surface area contributed by atoms with Crippen molar-refractivity contribution < 1.29 is 29.0 Å². The van der Waals surface area contributed by atoms with Gasteiger partial charge in [-0.05, 0) is 25.8 Å². The van der Waals surface area contributed by atoms with Crippen LogP contribution in [-0.2, 0) is 14.3 Å². The molecule has 0 spiro atoms. The number of nitrogens with one attached hydrogen (secondary N) is 1. The van der Waals surface area contributed by atoms with Gasteiger partial charge in [-0.1, -0.05) is 13.8 Å². The van der Waals surface area contributed by atoms with Crippen LogP contribution >= 0.6 is 0 Å². The highest BCUT2D eigenvalue weighted by molar-refractivity contribution is 5.48. The summed E-state index contributed by atoms with van der Waals surface area (Å²) in [5, 5.41) is 25.5. The summed E-state index contributed by atoms with van der Waals surface area (Å²) in [5.74, 6) is 2.58. The van der Waals surface area contributed by atoms with Gasteiger partial charge in [-0.15, -0.1) is 0 Å². The van der Waals surface area contributed by atoms with Crippen molar-refractivity contribution in [2.45, 2.75) is 51.4 Å². The first-order valence-electron chi connectivity index (χ1n) is 9.92. The molecule has 0 saturated heterocycles. The molecule has 0 fully saturated rings. The molecule has 0 amide bonds. The zero-order valence-corrected chi connectivity index (χ0v) is 17.4. The fourth-order valence-corrected chi connectivity index (χ4v) is 3.48. The van der Waals surface area contributed by atoms with E-state index in [9.17, 15) is 20.0 Å². The third-order valence-electron chi connectivity index (χ3n) is 5.19. The number of non-ortho nitro benzene ring substituents is 1. The second-order valence-corrected chi connectivity index (χ2v) is 6.82. The lowest BCUT2D eigenvalue weighted by molar-refractivity contribution is -0.385. The van der Waals surface area contributed by atoms with Crippen LogP contribution in [0.5, 0.6) is 5.75 Å². The Bertz CT molecular complexity index is 814. The van der Waals surface area contributed by atoms with E-state index in [1.165, 1.54) is 18.2 Å². The van der Waals surface area contributed by atoms with Crippen molar-refractivity contribution in [2.75, 3.05) is 19.8 Å². The number of aliphatic hydroxyl groups excluding tert-OH is 1. The molecular formula is C21H28N2O7. The summed E-state index contributed by atoms with van der Waals surface area (Å²) in [6.07, 6.45) is 2.95. The van der Waals surface area contributed by atoms with E-state index < -0.39 is 22.7 Å². The Kier molecular flexibility index (Phi) is 8.41. The van der Waals surface area contributed by atoms with Crippen LogP contribution in [0.3, 0.4) is 0 Å². The van der Waals surface area contributed by atoms with Crippen molar-refractivity contribution in [3.63, 3.8) is 0 Å². The zero-order valence-electron chi connectivity index (χ0n) is 17.4. The van der Waals surface area contributed by atoms with Gasteiger partial charge in [-0.2, -0.15) is 0 Å². The minimum Gasteiger partial charge on any atom is -0.494 e. The molecule has 0 bridgehead atoms. The van der Waals surface area contributed by atoms with Crippen LogP contribution in [0.15, 0.2) is 36.2 Å². The lowest BCUT2D eigenvalue weighted by Gasteiger charge is -2.45. The molecule has 30 heavy (non-hydrogen) atoms. The smallest absolute Gasteiger partial charge is 0.270 e. The van der Waals surface area contributed by atoms with Gasteiger partial charge in [0, 0.05) is 30.0 Å². The largest absolute Gasteiger partial charge is 0.494 e. The number of fused-ring (bicyclic) bond motifs is 1. The van der Waals surface area contributed by atoms with Crippen LogP contribution < -0.4 is 10.1 Å². The van der Waals surface area contributed by atoms with E-state index in [0.717, 1.165) is 0 Å². The summed E-state index contributed by atoms with van der Waals surface area (Å²) in [7, 11) is 0. The molecule has 0 aromatic heterocycles. The van der Waals surface area contributed by atoms with Crippen LogP contribution in [-0.4, -0.2) is 47.5 Å². The predicted octanol–water partition coefficient (Wildman–Crippen LogP) is 2.82. The first kappa shape index (κ1) is 23.4. The summed E-state index contributed by atoms with van der Waals surface area (Å²) in [6.45, 7) is 6.27. The number of nitrogens with zero attached hydrogens (tertiary/aromatic N) is 1. The van der Waals surface area contributed by atoms with Crippen molar-refractivity contribution in [3.8, 4) is 5.75 Å². The number of hydrogen-bond donors (Lipinski definition) is 2. The maximum absolute atomic E-state index is 11.2. The van der Waals surface area contributed by atoms with Crippen LogP contribution in [0.2, 0.25) is 0 Å². The molecule has 164 valence electrons. The van der Waals surface area contributed by atoms with Crippen molar-refractivity contribution in [3.05, 3.63) is 51.9 Å². The molecule has 2 N–H and O–H groups in total. The van der Waals surface area contributed by atoms with E-state index in [-0.39, 0.29) is 18.9 Å². The van der Waals surface area contributed by atoms with Gasteiger partial charge < -0.3 is 24.6 Å². The van der Waals surface area contributed by atoms with Gasteiger partial charge in [0.1, 0.15) is 35.8 Å². The number of aliphatic hydroxyl groups is 1. The minimum atomic E-state index is -0.958.